The predicted octanol–water partition coefficient (Wildman–Crippen LogP) is 0.879. The Kier molecular flexibility index (Phi) is 3.10. The first-order chi connectivity index (χ1) is 5.75. The maximum Gasteiger partial charge on any atom is 0.148 e. The molecule has 0 saturated carbocycles. The SMILES string of the molecule is CCOCCc1[nH]nc(N)c1C. The van der Waals surface area contributed by atoms with Crippen molar-refractivity contribution in [3.8, 4) is 0 Å². The second-order valence-electron chi connectivity index (χ2n) is 2.66. The smallest absolute Gasteiger partial charge is 0.148 e. The number of aromatic amines is 1. The van der Waals surface area contributed by atoms with E-state index in [-0.39, 0.29) is 0 Å². The average Bonchev–Trinajstić information content (AvgIpc) is 2.36. The molecule has 1 heterocycles. The molecule has 0 spiro atoms. The molecule has 0 fully saturated rings. The molecule has 4 heteroatoms. The normalized spacial score (nSPS) is 10.5. The van der Waals surface area contributed by atoms with Gasteiger partial charge in [-0.3, -0.25) is 5.10 Å². The Morgan fingerprint density at radius 3 is 2.83 bits per heavy atom. The topological polar surface area (TPSA) is 63.9 Å². The second-order valence-corrected chi connectivity index (χ2v) is 2.66. The molecule has 68 valence electrons. The zero-order valence-electron chi connectivity index (χ0n) is 7.55. The van der Waals surface area contributed by atoms with Crippen LogP contribution < -0.4 is 5.73 Å². The standard InChI is InChI=1S/C8H15N3O/c1-3-12-5-4-7-6(2)8(9)11-10-7/h3-5H2,1-2H3,(H3,9,10,11). The zero-order chi connectivity index (χ0) is 8.97. The van der Waals surface area contributed by atoms with Crippen LogP contribution in [0.1, 0.15) is 18.2 Å². The van der Waals surface area contributed by atoms with E-state index in [1.807, 2.05) is 13.8 Å². The van der Waals surface area contributed by atoms with Crippen LogP contribution in [0.2, 0.25) is 0 Å². The number of rotatable bonds is 4. The molecule has 0 saturated heterocycles. The van der Waals surface area contributed by atoms with E-state index in [2.05, 4.69) is 10.2 Å². The summed E-state index contributed by atoms with van der Waals surface area (Å²) in [5.41, 5.74) is 7.67. The molecule has 4 nitrogen and oxygen atoms in total. The fraction of sp³-hybridized carbons (Fsp3) is 0.625. The average molecular weight is 169 g/mol. The Labute approximate surface area is 72.1 Å². The number of nitrogens with one attached hydrogen (secondary N) is 1. The Morgan fingerprint density at radius 2 is 2.33 bits per heavy atom. The second kappa shape index (κ2) is 4.11. The molecule has 1 aromatic heterocycles. The molecule has 0 atom stereocenters. The third kappa shape index (κ3) is 1.98. The summed E-state index contributed by atoms with van der Waals surface area (Å²) < 4.78 is 5.21. The van der Waals surface area contributed by atoms with Crippen LogP contribution in [0.5, 0.6) is 0 Å². The third-order valence-corrected chi connectivity index (χ3v) is 1.85. The number of anilines is 1. The molecule has 3 N–H and O–H groups in total. The van der Waals surface area contributed by atoms with Crippen molar-refractivity contribution in [2.24, 2.45) is 0 Å². The Bertz CT molecular complexity index is 244. The van der Waals surface area contributed by atoms with E-state index < -0.39 is 0 Å². The fourth-order valence-corrected chi connectivity index (χ4v) is 1.01. The van der Waals surface area contributed by atoms with Crippen LogP contribution in [0.3, 0.4) is 0 Å². The molecule has 0 bridgehead atoms. The van der Waals surface area contributed by atoms with Crippen molar-refractivity contribution >= 4 is 5.82 Å². The van der Waals surface area contributed by atoms with Gasteiger partial charge in [-0.25, -0.2) is 0 Å². The van der Waals surface area contributed by atoms with Gasteiger partial charge in [0, 0.05) is 24.3 Å². The van der Waals surface area contributed by atoms with Crippen LogP contribution >= 0.6 is 0 Å². The number of nitrogens with two attached hydrogens (primary N) is 1. The number of hydrogen-bond acceptors (Lipinski definition) is 3. The van der Waals surface area contributed by atoms with Gasteiger partial charge in [0.1, 0.15) is 5.82 Å². The third-order valence-electron chi connectivity index (χ3n) is 1.85. The summed E-state index contributed by atoms with van der Waals surface area (Å²) in [7, 11) is 0. The molecule has 0 radical (unpaired) electrons. The molecular formula is C8H15N3O. The summed E-state index contributed by atoms with van der Waals surface area (Å²) in [6.45, 7) is 5.41. The van der Waals surface area contributed by atoms with Crippen LogP contribution in [0, 0.1) is 6.92 Å². The molecule has 0 aliphatic carbocycles. The van der Waals surface area contributed by atoms with Crippen LogP contribution in [0.25, 0.3) is 0 Å². The number of hydrogen-bond donors (Lipinski definition) is 2. The number of nitrogen functional groups attached to an aromatic ring is 1. The maximum atomic E-state index is 5.56. The predicted molar refractivity (Wildman–Crippen MR) is 47.9 cm³/mol. The van der Waals surface area contributed by atoms with Crippen molar-refractivity contribution in [3.05, 3.63) is 11.3 Å². The van der Waals surface area contributed by atoms with E-state index in [0.29, 0.717) is 5.82 Å². The van der Waals surface area contributed by atoms with Gasteiger partial charge in [0.05, 0.1) is 6.61 Å². The summed E-state index contributed by atoms with van der Waals surface area (Å²) in [5.74, 6) is 0.585. The highest BCUT2D eigenvalue weighted by molar-refractivity contribution is 5.40. The van der Waals surface area contributed by atoms with Crippen molar-refractivity contribution < 1.29 is 4.74 Å². The lowest BCUT2D eigenvalue weighted by Gasteiger charge is -1.99. The molecule has 0 unspecified atom stereocenters. The van der Waals surface area contributed by atoms with Crippen LogP contribution in [0.15, 0.2) is 0 Å². The van der Waals surface area contributed by atoms with Gasteiger partial charge in [-0.2, -0.15) is 5.10 Å². The van der Waals surface area contributed by atoms with E-state index in [1.54, 1.807) is 0 Å². The van der Waals surface area contributed by atoms with Crippen molar-refractivity contribution in [2.75, 3.05) is 18.9 Å². The van der Waals surface area contributed by atoms with E-state index in [1.165, 1.54) is 0 Å². The molecule has 12 heavy (non-hydrogen) atoms. The molecule has 0 aliphatic rings. The first-order valence-corrected chi connectivity index (χ1v) is 4.12. The van der Waals surface area contributed by atoms with Gasteiger partial charge < -0.3 is 10.5 Å². The minimum Gasteiger partial charge on any atom is -0.382 e. The van der Waals surface area contributed by atoms with E-state index >= 15 is 0 Å². The van der Waals surface area contributed by atoms with Gasteiger partial charge in [-0.05, 0) is 13.8 Å². The first-order valence-electron chi connectivity index (χ1n) is 4.12. The largest absolute Gasteiger partial charge is 0.382 e. The number of ether oxygens (including phenoxy) is 1. The number of nitrogens with zero attached hydrogens (tertiary/aromatic N) is 1. The van der Waals surface area contributed by atoms with Gasteiger partial charge in [0.2, 0.25) is 0 Å². The van der Waals surface area contributed by atoms with Crippen molar-refractivity contribution in [2.45, 2.75) is 20.3 Å². The Balaban J connectivity index is 2.46. The molecular weight excluding hydrogens is 154 g/mol. The monoisotopic (exact) mass is 169 g/mol. The molecule has 0 amide bonds. The molecule has 0 aliphatic heterocycles. The van der Waals surface area contributed by atoms with E-state index in [9.17, 15) is 0 Å². The molecule has 1 rings (SSSR count). The van der Waals surface area contributed by atoms with E-state index in [4.69, 9.17) is 10.5 Å². The minimum atomic E-state index is 0.585. The van der Waals surface area contributed by atoms with Gasteiger partial charge >= 0.3 is 0 Å². The van der Waals surface area contributed by atoms with Crippen LogP contribution in [0.4, 0.5) is 5.82 Å². The highest BCUT2D eigenvalue weighted by atomic mass is 16.5. The Morgan fingerprint density at radius 1 is 1.58 bits per heavy atom. The highest BCUT2D eigenvalue weighted by Gasteiger charge is 2.04. The summed E-state index contributed by atoms with van der Waals surface area (Å²) in [6.07, 6.45) is 0.851. The first kappa shape index (κ1) is 9.06. The molecule has 0 aromatic carbocycles. The van der Waals surface area contributed by atoms with Crippen LogP contribution in [-0.4, -0.2) is 23.4 Å². The quantitative estimate of drug-likeness (QED) is 0.657. The lowest BCUT2D eigenvalue weighted by molar-refractivity contribution is 0.150. The van der Waals surface area contributed by atoms with Crippen molar-refractivity contribution in [3.63, 3.8) is 0 Å². The summed E-state index contributed by atoms with van der Waals surface area (Å²) in [4.78, 5) is 0. The number of H-pyrrole nitrogens is 1. The summed E-state index contributed by atoms with van der Waals surface area (Å²) in [5, 5.41) is 6.77. The van der Waals surface area contributed by atoms with E-state index in [0.717, 1.165) is 30.9 Å². The van der Waals surface area contributed by atoms with Crippen LogP contribution in [-0.2, 0) is 11.2 Å². The Hall–Kier alpha value is -1.03. The lowest BCUT2D eigenvalue weighted by atomic mass is 10.2. The van der Waals surface area contributed by atoms with Gasteiger partial charge in [0.15, 0.2) is 0 Å². The zero-order valence-corrected chi connectivity index (χ0v) is 7.55. The molecule has 1 aromatic rings. The summed E-state index contributed by atoms with van der Waals surface area (Å²) >= 11 is 0. The minimum absolute atomic E-state index is 0.585. The lowest BCUT2D eigenvalue weighted by Crippen LogP contribution is -1.99. The number of aromatic nitrogens is 2. The van der Waals surface area contributed by atoms with Gasteiger partial charge in [0.25, 0.3) is 0 Å². The maximum absolute atomic E-state index is 5.56. The fourth-order valence-electron chi connectivity index (χ4n) is 1.01. The highest BCUT2D eigenvalue weighted by Crippen LogP contribution is 2.11. The van der Waals surface area contributed by atoms with Crippen molar-refractivity contribution in [1.29, 1.82) is 0 Å². The summed E-state index contributed by atoms with van der Waals surface area (Å²) in [6, 6.07) is 0. The van der Waals surface area contributed by atoms with Gasteiger partial charge in [-0.15, -0.1) is 0 Å². The van der Waals surface area contributed by atoms with Crippen molar-refractivity contribution in [1.82, 2.24) is 10.2 Å². The van der Waals surface area contributed by atoms with Gasteiger partial charge in [-0.1, -0.05) is 0 Å².